The molecule has 1 unspecified atom stereocenters. The Morgan fingerprint density at radius 3 is 2.30 bits per heavy atom. The van der Waals surface area contributed by atoms with Crippen LogP contribution in [0.5, 0.6) is 0 Å². The van der Waals surface area contributed by atoms with Gasteiger partial charge >= 0.3 is 0 Å². The molecule has 0 spiro atoms. The summed E-state index contributed by atoms with van der Waals surface area (Å²) in [5.41, 5.74) is 4.37. The summed E-state index contributed by atoms with van der Waals surface area (Å²) in [4.78, 5) is 1.34. The van der Waals surface area contributed by atoms with Crippen molar-refractivity contribution in [3.63, 3.8) is 0 Å². The van der Waals surface area contributed by atoms with E-state index in [1.165, 1.54) is 29.2 Å². The number of likely N-dealkylation sites (N-methyl/N-ethyl adjacent to an activating group) is 1. The highest BCUT2D eigenvalue weighted by atomic mass is 19.1. The van der Waals surface area contributed by atoms with Crippen molar-refractivity contribution in [2.45, 2.75) is 19.8 Å². The van der Waals surface area contributed by atoms with Gasteiger partial charge in [0.05, 0.1) is 24.1 Å². The van der Waals surface area contributed by atoms with E-state index in [0.717, 1.165) is 47.7 Å². The second kappa shape index (κ2) is 8.25. The fraction of sp³-hybridized carbons (Fsp3) is 0.240. The summed E-state index contributed by atoms with van der Waals surface area (Å²) in [6, 6.07) is 15.0. The number of allylic oxidation sites excluding steroid dienone is 2. The van der Waals surface area contributed by atoms with Crippen molar-refractivity contribution < 1.29 is 18.4 Å². The van der Waals surface area contributed by atoms with Crippen molar-refractivity contribution in [3.8, 4) is 6.07 Å². The molecule has 0 aromatic heterocycles. The lowest BCUT2D eigenvalue weighted by atomic mass is 9.79. The summed E-state index contributed by atoms with van der Waals surface area (Å²) in [7, 11) is 0. The molecule has 2 heterocycles. The van der Waals surface area contributed by atoms with Crippen LogP contribution in [0.15, 0.2) is 76.8 Å². The molecule has 2 aromatic rings. The third-order valence-electron chi connectivity index (χ3n) is 5.77. The number of rotatable bonds is 3. The number of nitrogens with one attached hydrogen (secondary N) is 1. The Labute approximate surface area is 175 Å². The molecule has 0 saturated carbocycles. The average molecular weight is 405 g/mol. The minimum absolute atomic E-state index is 0.266. The van der Waals surface area contributed by atoms with E-state index in [1.807, 2.05) is 6.08 Å². The Hall–Kier alpha value is -3.23. The Morgan fingerprint density at radius 2 is 1.70 bits per heavy atom. The lowest BCUT2D eigenvalue weighted by Gasteiger charge is -2.36. The Morgan fingerprint density at radius 1 is 1.07 bits per heavy atom. The van der Waals surface area contributed by atoms with Gasteiger partial charge in [0.15, 0.2) is 0 Å². The maximum absolute atomic E-state index is 13.5. The summed E-state index contributed by atoms with van der Waals surface area (Å²) in [5.74, 6) is 0.500. The van der Waals surface area contributed by atoms with E-state index in [2.05, 4.69) is 13.0 Å². The molecule has 0 bridgehead atoms. The molecule has 0 aliphatic carbocycles. The molecule has 4 rings (SSSR count). The van der Waals surface area contributed by atoms with Gasteiger partial charge in [-0.15, -0.1) is 0 Å². The highest BCUT2D eigenvalue weighted by molar-refractivity contribution is 5.62. The third kappa shape index (κ3) is 3.79. The Kier molecular flexibility index (Phi) is 5.52. The van der Waals surface area contributed by atoms with Gasteiger partial charge in [0.2, 0.25) is 0 Å². The van der Waals surface area contributed by atoms with Crippen LogP contribution in [0.1, 0.15) is 30.9 Å². The van der Waals surface area contributed by atoms with Crippen LogP contribution < -0.4 is 4.90 Å². The van der Waals surface area contributed by atoms with Gasteiger partial charge in [-0.25, -0.2) is 8.78 Å². The molecule has 152 valence electrons. The van der Waals surface area contributed by atoms with Crippen LogP contribution >= 0.6 is 0 Å². The van der Waals surface area contributed by atoms with E-state index < -0.39 is 0 Å². The smallest absolute Gasteiger partial charge is 0.141 e. The zero-order valence-corrected chi connectivity index (χ0v) is 17.0. The summed E-state index contributed by atoms with van der Waals surface area (Å²) >= 11 is 0. The topological polar surface area (TPSA) is 37.5 Å². The van der Waals surface area contributed by atoms with Crippen molar-refractivity contribution in [2.24, 2.45) is 0 Å². The first-order valence-electron chi connectivity index (χ1n) is 10.1. The molecule has 2 atom stereocenters. The van der Waals surface area contributed by atoms with Gasteiger partial charge in [-0.1, -0.05) is 24.3 Å². The lowest BCUT2D eigenvalue weighted by Crippen LogP contribution is -3.12. The van der Waals surface area contributed by atoms with Crippen LogP contribution in [0, 0.1) is 23.0 Å². The second-order valence-electron chi connectivity index (χ2n) is 7.70. The molecule has 1 N–H and O–H groups in total. The summed E-state index contributed by atoms with van der Waals surface area (Å²) < 4.78 is 33.0. The highest BCUT2D eigenvalue weighted by Gasteiger charge is 2.38. The average Bonchev–Trinajstić information content (AvgIpc) is 2.75. The maximum Gasteiger partial charge on any atom is 0.141 e. The Balaban J connectivity index is 1.86. The lowest BCUT2D eigenvalue weighted by molar-refractivity contribution is -0.890. The quantitative estimate of drug-likeness (QED) is 0.834. The largest absolute Gasteiger partial charge is 0.460 e. The highest BCUT2D eigenvalue weighted by Crippen LogP contribution is 2.42. The van der Waals surface area contributed by atoms with Gasteiger partial charge in [0.1, 0.15) is 36.2 Å². The predicted octanol–water partition coefficient (Wildman–Crippen LogP) is 4.13. The van der Waals surface area contributed by atoms with E-state index in [0.29, 0.717) is 11.3 Å². The number of quaternary nitrogens is 1. The maximum atomic E-state index is 13.5. The van der Waals surface area contributed by atoms with Crippen LogP contribution in [0.25, 0.3) is 6.08 Å². The van der Waals surface area contributed by atoms with Crippen LogP contribution in [0.4, 0.5) is 8.78 Å². The van der Waals surface area contributed by atoms with Crippen molar-refractivity contribution in [1.82, 2.24) is 0 Å². The minimum Gasteiger partial charge on any atom is -0.460 e. The molecule has 5 heteroatoms. The molecule has 0 amide bonds. The number of hydrogen-bond acceptors (Lipinski definition) is 2. The normalized spacial score (nSPS) is 22.6. The summed E-state index contributed by atoms with van der Waals surface area (Å²) in [5, 5.41) is 9.85. The number of nitrogens with zero attached hydrogens (tertiary/aromatic N) is 1. The van der Waals surface area contributed by atoms with E-state index >= 15 is 0 Å². The fourth-order valence-electron chi connectivity index (χ4n) is 4.21. The fourth-order valence-corrected chi connectivity index (χ4v) is 4.21. The van der Waals surface area contributed by atoms with Gasteiger partial charge in [-0.05, 0) is 55.3 Å². The second-order valence-corrected chi connectivity index (χ2v) is 7.70. The molecule has 30 heavy (non-hydrogen) atoms. The van der Waals surface area contributed by atoms with Gasteiger partial charge in [-0.3, -0.25) is 0 Å². The summed E-state index contributed by atoms with van der Waals surface area (Å²) in [6.45, 7) is 6.36. The van der Waals surface area contributed by atoms with Crippen molar-refractivity contribution in [3.05, 3.63) is 99.5 Å². The monoisotopic (exact) mass is 405 g/mol. The van der Waals surface area contributed by atoms with Gasteiger partial charge in [0, 0.05) is 11.1 Å². The van der Waals surface area contributed by atoms with Crippen LogP contribution in [-0.2, 0) is 4.74 Å². The molecule has 0 fully saturated rings. The first-order valence-corrected chi connectivity index (χ1v) is 10.1. The van der Waals surface area contributed by atoms with E-state index in [-0.39, 0.29) is 17.6 Å². The molecule has 2 aliphatic rings. The Bertz CT molecular complexity index is 1090. The first-order chi connectivity index (χ1) is 14.5. The number of benzene rings is 2. The van der Waals surface area contributed by atoms with Crippen LogP contribution in [0.2, 0.25) is 0 Å². The molecular weight excluding hydrogens is 382 g/mol. The van der Waals surface area contributed by atoms with Crippen molar-refractivity contribution in [2.75, 3.05) is 19.6 Å². The minimum atomic E-state index is -0.305. The molecule has 2 aliphatic heterocycles. The van der Waals surface area contributed by atoms with Crippen LogP contribution in [-0.4, -0.2) is 19.6 Å². The predicted molar refractivity (Wildman–Crippen MR) is 111 cm³/mol. The van der Waals surface area contributed by atoms with E-state index in [9.17, 15) is 14.0 Å². The molecular formula is C25H23F2N2O+. The zero-order chi connectivity index (χ0) is 21.3. The number of nitriles is 1. The third-order valence-corrected chi connectivity index (χ3v) is 5.77. The van der Waals surface area contributed by atoms with Gasteiger partial charge in [-0.2, -0.15) is 5.26 Å². The number of halogens is 2. The van der Waals surface area contributed by atoms with Crippen molar-refractivity contribution in [1.29, 1.82) is 5.26 Å². The SMILES string of the molecule is CC[NH+]1CC2=C(OC(C)=C(C#N)[C@H]2c2ccc(F)cc2)/C(=C/c2ccc(F)cc2)C1. The first kappa shape index (κ1) is 20.1. The molecule has 3 nitrogen and oxygen atoms in total. The molecule has 0 saturated heterocycles. The number of ether oxygens (including phenoxy) is 1. The standard InChI is InChI=1S/C25H22F2N2O/c1-3-29-14-19(12-17-4-8-20(26)9-5-17)25-23(15-29)24(22(13-28)16(2)30-25)18-6-10-21(27)11-7-18/h4-12,24H,3,14-15H2,1-2H3/p+1/b19-12+/t24-/m1/s1. The molecule has 2 aromatic carbocycles. The van der Waals surface area contributed by atoms with E-state index in [1.54, 1.807) is 31.2 Å². The number of hydrogen-bond donors (Lipinski definition) is 1. The van der Waals surface area contributed by atoms with Gasteiger partial charge in [0.25, 0.3) is 0 Å². The van der Waals surface area contributed by atoms with E-state index in [4.69, 9.17) is 4.74 Å². The summed E-state index contributed by atoms with van der Waals surface area (Å²) in [6.07, 6.45) is 2.02. The van der Waals surface area contributed by atoms with Crippen LogP contribution in [0.3, 0.4) is 0 Å². The molecule has 0 radical (unpaired) electrons. The van der Waals surface area contributed by atoms with Crippen molar-refractivity contribution >= 4 is 6.08 Å². The van der Waals surface area contributed by atoms with Gasteiger partial charge < -0.3 is 9.64 Å². The zero-order valence-electron chi connectivity index (χ0n) is 17.0.